The quantitative estimate of drug-likeness (QED) is 0.828. The molecule has 0 aromatic heterocycles. The predicted molar refractivity (Wildman–Crippen MR) is 76.1 cm³/mol. The molecule has 0 spiro atoms. The lowest BCUT2D eigenvalue weighted by Crippen LogP contribution is -2.37. The fourth-order valence-corrected chi connectivity index (χ4v) is 2.86. The van der Waals surface area contributed by atoms with Crippen LogP contribution in [0.25, 0.3) is 0 Å². The highest BCUT2D eigenvalue weighted by atomic mass is 19.1. The van der Waals surface area contributed by atoms with Gasteiger partial charge < -0.3 is 5.11 Å². The minimum atomic E-state index is -1.02. The van der Waals surface area contributed by atoms with E-state index in [1.165, 1.54) is 18.9 Å². The molecule has 1 fully saturated rings. The molecule has 4 heteroatoms. The van der Waals surface area contributed by atoms with Gasteiger partial charge in [-0.05, 0) is 25.8 Å². The van der Waals surface area contributed by atoms with Crippen molar-refractivity contribution in [2.45, 2.75) is 57.5 Å². The first-order valence-electron chi connectivity index (χ1n) is 7.33. The lowest BCUT2D eigenvalue weighted by Gasteiger charge is -2.23. The molecule has 2 N–H and O–H groups in total. The highest BCUT2D eigenvalue weighted by molar-refractivity contribution is 5.75. The molecule has 110 valence electrons. The molecule has 0 heterocycles. The zero-order valence-electron chi connectivity index (χ0n) is 11.9. The second kappa shape index (κ2) is 6.84. The van der Waals surface area contributed by atoms with Crippen LogP contribution in [0.2, 0.25) is 0 Å². The van der Waals surface area contributed by atoms with Crippen LogP contribution in [0.4, 0.5) is 4.39 Å². The van der Waals surface area contributed by atoms with E-state index in [1.807, 2.05) is 6.92 Å². The number of carboxylic acid groups (broad SMARTS) is 1. The summed E-state index contributed by atoms with van der Waals surface area (Å²) in [6.07, 6.45) is 6.57. The third-order valence-electron chi connectivity index (χ3n) is 3.97. The Morgan fingerprint density at radius 1 is 1.30 bits per heavy atom. The maximum absolute atomic E-state index is 13.9. The van der Waals surface area contributed by atoms with E-state index >= 15 is 0 Å². The van der Waals surface area contributed by atoms with Crippen LogP contribution in [0.15, 0.2) is 18.2 Å². The molecule has 2 rings (SSSR count). The molecule has 1 aromatic carbocycles. The van der Waals surface area contributed by atoms with Crippen LogP contribution in [-0.2, 0) is 4.79 Å². The Labute approximate surface area is 119 Å². The maximum Gasteiger partial charge on any atom is 0.325 e. The van der Waals surface area contributed by atoms with Crippen molar-refractivity contribution >= 4 is 5.97 Å². The molecule has 1 aromatic rings. The van der Waals surface area contributed by atoms with E-state index < -0.39 is 17.8 Å². The summed E-state index contributed by atoms with van der Waals surface area (Å²) in [5.74, 6) is -1.47. The number of hydrogen-bond donors (Lipinski definition) is 2. The summed E-state index contributed by atoms with van der Waals surface area (Å²) in [5, 5.41) is 12.6. The Balaban J connectivity index is 2.17. The fourth-order valence-electron chi connectivity index (χ4n) is 2.86. The minimum absolute atomic E-state index is 0.165. The average Bonchev–Trinajstić information content (AvgIpc) is 2.67. The molecule has 0 saturated heterocycles. The first kappa shape index (κ1) is 15.0. The van der Waals surface area contributed by atoms with Crippen LogP contribution in [0.3, 0.4) is 0 Å². The number of nitrogens with one attached hydrogen (secondary N) is 1. The largest absolute Gasteiger partial charge is 0.480 e. The summed E-state index contributed by atoms with van der Waals surface area (Å²) in [4.78, 5) is 11.5. The standard InChI is InChI=1S/C16H22FNO2/c1-11-8-9-14(17)13(10-11)15(16(19)20)18-12-6-4-2-3-5-7-12/h8-10,12,15,18H,2-7H2,1H3,(H,19,20). The first-order chi connectivity index (χ1) is 9.58. The van der Waals surface area contributed by atoms with Crippen molar-refractivity contribution in [3.63, 3.8) is 0 Å². The van der Waals surface area contributed by atoms with Gasteiger partial charge in [-0.1, -0.05) is 43.4 Å². The Morgan fingerprint density at radius 3 is 2.55 bits per heavy atom. The highest BCUT2D eigenvalue weighted by Gasteiger charge is 2.26. The maximum atomic E-state index is 13.9. The number of rotatable bonds is 4. The van der Waals surface area contributed by atoms with Crippen molar-refractivity contribution in [1.82, 2.24) is 5.32 Å². The summed E-state index contributed by atoms with van der Waals surface area (Å²) in [6, 6.07) is 3.83. The van der Waals surface area contributed by atoms with Crippen molar-refractivity contribution < 1.29 is 14.3 Å². The number of hydrogen-bond acceptors (Lipinski definition) is 2. The molecule has 0 bridgehead atoms. The van der Waals surface area contributed by atoms with E-state index in [2.05, 4.69) is 5.32 Å². The van der Waals surface area contributed by atoms with Gasteiger partial charge in [-0.3, -0.25) is 10.1 Å². The molecular weight excluding hydrogens is 257 g/mol. The predicted octanol–water partition coefficient (Wildman–Crippen LogP) is 3.57. The van der Waals surface area contributed by atoms with Gasteiger partial charge in [0.1, 0.15) is 11.9 Å². The van der Waals surface area contributed by atoms with E-state index in [0.717, 1.165) is 31.2 Å². The van der Waals surface area contributed by atoms with Crippen molar-refractivity contribution in [2.75, 3.05) is 0 Å². The van der Waals surface area contributed by atoms with Crippen LogP contribution in [0.5, 0.6) is 0 Å². The number of aryl methyl sites for hydroxylation is 1. The summed E-state index contributed by atoms with van der Waals surface area (Å²) < 4.78 is 13.9. The molecule has 0 radical (unpaired) electrons. The molecule has 20 heavy (non-hydrogen) atoms. The fraction of sp³-hybridized carbons (Fsp3) is 0.562. The van der Waals surface area contributed by atoms with Crippen molar-refractivity contribution in [1.29, 1.82) is 0 Å². The van der Waals surface area contributed by atoms with E-state index in [4.69, 9.17) is 0 Å². The van der Waals surface area contributed by atoms with Gasteiger partial charge in [-0.2, -0.15) is 0 Å². The smallest absolute Gasteiger partial charge is 0.325 e. The lowest BCUT2D eigenvalue weighted by atomic mass is 10.0. The van der Waals surface area contributed by atoms with E-state index in [9.17, 15) is 14.3 Å². The van der Waals surface area contributed by atoms with Gasteiger partial charge in [0, 0.05) is 11.6 Å². The number of halogens is 1. The zero-order valence-corrected chi connectivity index (χ0v) is 11.9. The van der Waals surface area contributed by atoms with E-state index in [0.29, 0.717) is 0 Å². The molecule has 0 aliphatic heterocycles. The number of carbonyl (C=O) groups is 1. The van der Waals surface area contributed by atoms with Gasteiger partial charge in [-0.25, -0.2) is 4.39 Å². The minimum Gasteiger partial charge on any atom is -0.480 e. The lowest BCUT2D eigenvalue weighted by molar-refractivity contribution is -0.140. The Bertz CT molecular complexity index is 468. The topological polar surface area (TPSA) is 49.3 Å². The van der Waals surface area contributed by atoms with Crippen molar-refractivity contribution in [2.24, 2.45) is 0 Å². The van der Waals surface area contributed by atoms with Crippen LogP contribution < -0.4 is 5.32 Å². The van der Waals surface area contributed by atoms with Gasteiger partial charge in [0.25, 0.3) is 0 Å². The van der Waals surface area contributed by atoms with Crippen LogP contribution in [0.1, 0.15) is 55.7 Å². The molecule has 1 aliphatic carbocycles. The number of benzene rings is 1. The second-order valence-electron chi connectivity index (χ2n) is 5.65. The van der Waals surface area contributed by atoms with Crippen LogP contribution in [0, 0.1) is 12.7 Å². The second-order valence-corrected chi connectivity index (χ2v) is 5.65. The highest BCUT2D eigenvalue weighted by Crippen LogP contribution is 2.23. The first-order valence-corrected chi connectivity index (χ1v) is 7.33. The van der Waals surface area contributed by atoms with Crippen LogP contribution in [-0.4, -0.2) is 17.1 Å². The molecule has 3 nitrogen and oxygen atoms in total. The summed E-state index contributed by atoms with van der Waals surface area (Å²) in [6.45, 7) is 1.84. The number of aliphatic carboxylic acids is 1. The molecule has 0 amide bonds. The Hall–Kier alpha value is -1.42. The molecule has 1 saturated carbocycles. The average molecular weight is 279 g/mol. The Kier molecular flexibility index (Phi) is 5.12. The van der Waals surface area contributed by atoms with Gasteiger partial charge in [0.05, 0.1) is 0 Å². The molecule has 1 atom stereocenters. The van der Waals surface area contributed by atoms with Crippen molar-refractivity contribution in [3.8, 4) is 0 Å². The Morgan fingerprint density at radius 2 is 1.95 bits per heavy atom. The third kappa shape index (κ3) is 3.79. The number of carboxylic acids is 1. The van der Waals surface area contributed by atoms with Gasteiger partial charge in [-0.15, -0.1) is 0 Å². The van der Waals surface area contributed by atoms with Gasteiger partial charge in [0.2, 0.25) is 0 Å². The normalized spacial score (nSPS) is 18.5. The molecule has 1 unspecified atom stereocenters. The molecular formula is C16H22FNO2. The summed E-state index contributed by atoms with van der Waals surface area (Å²) in [5.41, 5.74) is 1.11. The summed E-state index contributed by atoms with van der Waals surface area (Å²) >= 11 is 0. The zero-order chi connectivity index (χ0) is 14.5. The SMILES string of the molecule is Cc1ccc(F)c(C(NC2CCCCCC2)C(=O)O)c1. The monoisotopic (exact) mass is 279 g/mol. The van der Waals surface area contributed by atoms with Gasteiger partial charge >= 0.3 is 5.97 Å². The van der Waals surface area contributed by atoms with E-state index in [1.54, 1.807) is 12.1 Å². The molecule has 1 aliphatic rings. The third-order valence-corrected chi connectivity index (χ3v) is 3.97. The van der Waals surface area contributed by atoms with Crippen LogP contribution >= 0.6 is 0 Å². The summed E-state index contributed by atoms with van der Waals surface area (Å²) in [7, 11) is 0. The van der Waals surface area contributed by atoms with E-state index in [-0.39, 0.29) is 11.6 Å². The van der Waals surface area contributed by atoms with Gasteiger partial charge in [0.15, 0.2) is 0 Å². The van der Waals surface area contributed by atoms with Crippen molar-refractivity contribution in [3.05, 3.63) is 35.1 Å².